The van der Waals surface area contributed by atoms with Crippen LogP contribution in [0, 0.1) is 10.1 Å². The third-order valence-electron chi connectivity index (χ3n) is 3.23. The quantitative estimate of drug-likeness (QED) is 0.581. The molecule has 1 amide bonds. The van der Waals surface area contributed by atoms with Crippen LogP contribution in [-0.2, 0) is 14.8 Å². The number of alkyl halides is 1. The molecule has 1 aliphatic carbocycles. The van der Waals surface area contributed by atoms with E-state index in [9.17, 15) is 27.7 Å². The minimum atomic E-state index is -3.94. The molecule has 22 heavy (non-hydrogen) atoms. The number of amides is 1. The van der Waals surface area contributed by atoms with E-state index in [4.69, 9.17) is 0 Å². The fourth-order valence-corrected chi connectivity index (χ4v) is 2.92. The van der Waals surface area contributed by atoms with Crippen LogP contribution < -0.4 is 10.0 Å². The lowest BCUT2D eigenvalue weighted by Crippen LogP contribution is -2.48. The van der Waals surface area contributed by atoms with Gasteiger partial charge in [-0.2, -0.15) is 0 Å². The number of benzene rings is 1. The minimum Gasteiger partial charge on any atom is -0.352 e. The van der Waals surface area contributed by atoms with Gasteiger partial charge >= 0.3 is 0 Å². The first kappa shape index (κ1) is 16.3. The van der Waals surface area contributed by atoms with Gasteiger partial charge in [-0.3, -0.25) is 14.9 Å². The van der Waals surface area contributed by atoms with Crippen LogP contribution in [-0.4, -0.2) is 38.0 Å². The standard InChI is InChI=1S/C12H14FN3O5S/c13-8-5-9(6-8)15-12(17)7-14-22(20,21)11-3-1-10(2-4-11)16(18)19/h1-4,8-9,14H,5-7H2,(H,15,17). The molecular weight excluding hydrogens is 317 g/mol. The molecule has 0 aliphatic heterocycles. The number of nitro groups is 1. The van der Waals surface area contributed by atoms with Gasteiger partial charge in [0.2, 0.25) is 15.9 Å². The molecule has 1 aromatic rings. The summed E-state index contributed by atoms with van der Waals surface area (Å²) in [5, 5.41) is 13.0. The van der Waals surface area contributed by atoms with Crippen LogP contribution in [0.3, 0.4) is 0 Å². The van der Waals surface area contributed by atoms with E-state index in [0.29, 0.717) is 0 Å². The van der Waals surface area contributed by atoms with Crippen LogP contribution in [0.5, 0.6) is 0 Å². The summed E-state index contributed by atoms with van der Waals surface area (Å²) >= 11 is 0. The van der Waals surface area contributed by atoms with Gasteiger partial charge in [-0.25, -0.2) is 17.5 Å². The highest BCUT2D eigenvalue weighted by atomic mass is 32.2. The molecule has 0 spiro atoms. The summed E-state index contributed by atoms with van der Waals surface area (Å²) in [5.41, 5.74) is -0.234. The maximum atomic E-state index is 12.6. The van der Waals surface area contributed by atoms with Gasteiger partial charge in [0.1, 0.15) is 6.17 Å². The van der Waals surface area contributed by atoms with Crippen molar-refractivity contribution in [3.05, 3.63) is 34.4 Å². The average Bonchev–Trinajstić information content (AvgIpc) is 2.44. The number of carbonyl (C=O) groups excluding carboxylic acids is 1. The van der Waals surface area contributed by atoms with Crippen LogP contribution in [0.2, 0.25) is 0 Å². The van der Waals surface area contributed by atoms with Gasteiger partial charge in [-0.15, -0.1) is 0 Å². The van der Waals surface area contributed by atoms with E-state index < -0.39 is 33.6 Å². The number of rotatable bonds is 6. The Labute approximate surface area is 125 Å². The molecule has 2 N–H and O–H groups in total. The highest BCUT2D eigenvalue weighted by molar-refractivity contribution is 7.89. The topological polar surface area (TPSA) is 118 Å². The van der Waals surface area contributed by atoms with Crippen LogP contribution in [0.25, 0.3) is 0 Å². The third-order valence-corrected chi connectivity index (χ3v) is 4.64. The fraction of sp³-hybridized carbons (Fsp3) is 0.417. The Morgan fingerprint density at radius 2 is 1.91 bits per heavy atom. The average molecular weight is 331 g/mol. The Kier molecular flexibility index (Phi) is 4.71. The van der Waals surface area contributed by atoms with Crippen LogP contribution in [0.4, 0.5) is 10.1 Å². The van der Waals surface area contributed by atoms with E-state index in [1.165, 1.54) is 0 Å². The van der Waals surface area contributed by atoms with Crippen LogP contribution in [0.1, 0.15) is 12.8 Å². The number of halogens is 1. The van der Waals surface area contributed by atoms with Crippen molar-refractivity contribution in [3.63, 3.8) is 0 Å². The molecule has 1 aromatic carbocycles. The van der Waals surface area contributed by atoms with Crippen molar-refractivity contribution in [1.82, 2.24) is 10.0 Å². The first-order valence-electron chi connectivity index (χ1n) is 6.45. The molecule has 0 saturated heterocycles. The summed E-state index contributed by atoms with van der Waals surface area (Å²) in [5.74, 6) is -0.553. The number of hydrogen-bond acceptors (Lipinski definition) is 5. The lowest BCUT2D eigenvalue weighted by Gasteiger charge is -2.30. The highest BCUT2D eigenvalue weighted by Gasteiger charge is 2.30. The lowest BCUT2D eigenvalue weighted by atomic mass is 9.91. The maximum absolute atomic E-state index is 12.6. The number of sulfonamides is 1. The van der Waals surface area contributed by atoms with Gasteiger partial charge in [-0.1, -0.05) is 0 Å². The molecule has 0 aromatic heterocycles. The smallest absolute Gasteiger partial charge is 0.269 e. The van der Waals surface area contributed by atoms with Gasteiger partial charge in [0, 0.05) is 18.2 Å². The zero-order valence-corrected chi connectivity index (χ0v) is 12.2. The van der Waals surface area contributed by atoms with E-state index in [0.717, 1.165) is 24.3 Å². The van der Waals surface area contributed by atoms with Crippen molar-refractivity contribution in [2.45, 2.75) is 30.0 Å². The van der Waals surface area contributed by atoms with Gasteiger partial charge in [0.25, 0.3) is 5.69 Å². The zero-order chi connectivity index (χ0) is 16.3. The summed E-state index contributed by atoms with van der Waals surface area (Å²) in [6.07, 6.45) is -0.441. The summed E-state index contributed by atoms with van der Waals surface area (Å²) in [4.78, 5) is 21.2. The molecule has 1 aliphatic rings. The molecule has 2 rings (SSSR count). The predicted molar refractivity (Wildman–Crippen MR) is 74.3 cm³/mol. The second kappa shape index (κ2) is 6.36. The number of nitrogens with one attached hydrogen (secondary N) is 2. The number of nitrogens with zero attached hydrogens (tertiary/aromatic N) is 1. The second-order valence-electron chi connectivity index (χ2n) is 4.91. The Morgan fingerprint density at radius 1 is 1.32 bits per heavy atom. The second-order valence-corrected chi connectivity index (χ2v) is 6.68. The SMILES string of the molecule is O=C(CNS(=O)(=O)c1ccc([N+](=O)[O-])cc1)NC1CC(F)C1. The van der Waals surface area contributed by atoms with Gasteiger partial charge in [0.15, 0.2) is 0 Å². The van der Waals surface area contributed by atoms with Crippen molar-refractivity contribution in [2.24, 2.45) is 0 Å². The maximum Gasteiger partial charge on any atom is 0.269 e. The Bertz CT molecular complexity index is 671. The molecule has 0 unspecified atom stereocenters. The van der Waals surface area contributed by atoms with Crippen molar-refractivity contribution in [1.29, 1.82) is 0 Å². The summed E-state index contributed by atoms with van der Waals surface area (Å²) in [7, 11) is -3.94. The monoisotopic (exact) mass is 331 g/mol. The van der Waals surface area contributed by atoms with Gasteiger partial charge in [0.05, 0.1) is 16.4 Å². The van der Waals surface area contributed by atoms with Crippen molar-refractivity contribution in [2.75, 3.05) is 6.54 Å². The fourth-order valence-electron chi connectivity index (χ4n) is 1.94. The van der Waals surface area contributed by atoms with Gasteiger partial charge < -0.3 is 5.32 Å². The third kappa shape index (κ3) is 3.98. The molecule has 1 fully saturated rings. The molecule has 10 heteroatoms. The molecule has 0 atom stereocenters. The molecular formula is C12H14FN3O5S. The lowest BCUT2D eigenvalue weighted by molar-refractivity contribution is -0.384. The Morgan fingerprint density at radius 3 is 2.41 bits per heavy atom. The highest BCUT2D eigenvalue weighted by Crippen LogP contribution is 2.22. The normalized spacial score (nSPS) is 21.0. The largest absolute Gasteiger partial charge is 0.352 e. The number of carbonyl (C=O) groups is 1. The van der Waals surface area contributed by atoms with Crippen molar-refractivity contribution < 1.29 is 22.5 Å². The first-order valence-corrected chi connectivity index (χ1v) is 7.94. The summed E-state index contributed by atoms with van der Waals surface area (Å²) < 4.78 is 38.5. The first-order chi connectivity index (χ1) is 10.3. The van der Waals surface area contributed by atoms with E-state index >= 15 is 0 Å². The number of hydrogen-bond donors (Lipinski definition) is 2. The van der Waals surface area contributed by atoms with E-state index in [-0.39, 0.29) is 29.5 Å². The summed E-state index contributed by atoms with van der Waals surface area (Å²) in [6, 6.07) is 4.02. The molecule has 1 saturated carbocycles. The molecule has 0 heterocycles. The van der Waals surface area contributed by atoms with Crippen molar-refractivity contribution >= 4 is 21.6 Å². The van der Waals surface area contributed by atoms with E-state index in [1.54, 1.807) is 0 Å². The van der Waals surface area contributed by atoms with Crippen LogP contribution >= 0.6 is 0 Å². The van der Waals surface area contributed by atoms with E-state index in [2.05, 4.69) is 10.0 Å². The molecule has 8 nitrogen and oxygen atoms in total. The van der Waals surface area contributed by atoms with E-state index in [1.807, 2.05) is 0 Å². The Balaban J connectivity index is 1.90. The minimum absolute atomic E-state index is 0.182. The van der Waals surface area contributed by atoms with Crippen molar-refractivity contribution in [3.8, 4) is 0 Å². The van der Waals surface area contributed by atoms with Gasteiger partial charge in [-0.05, 0) is 25.0 Å². The molecule has 0 radical (unpaired) electrons. The number of nitro benzene ring substituents is 1. The predicted octanol–water partition coefficient (Wildman–Crippen LogP) is 0.490. The number of non-ortho nitro benzene ring substituents is 1. The van der Waals surface area contributed by atoms with Crippen LogP contribution in [0.15, 0.2) is 29.2 Å². The Hall–Kier alpha value is -2.07. The zero-order valence-electron chi connectivity index (χ0n) is 11.4. The molecule has 120 valence electrons. The molecule has 0 bridgehead atoms. The summed E-state index contributed by atoms with van der Waals surface area (Å²) in [6.45, 7) is -0.479.